The van der Waals surface area contributed by atoms with Crippen molar-refractivity contribution in [2.24, 2.45) is 0 Å². The van der Waals surface area contributed by atoms with Crippen LogP contribution >= 0.6 is 7.60 Å². The van der Waals surface area contributed by atoms with E-state index in [1.807, 2.05) is 57.7 Å². The van der Waals surface area contributed by atoms with Gasteiger partial charge in [0.25, 0.3) is 0 Å². The third-order valence-corrected chi connectivity index (χ3v) is 6.02. The van der Waals surface area contributed by atoms with E-state index in [4.69, 9.17) is 9.05 Å². The molecule has 2 heterocycles. The quantitative estimate of drug-likeness (QED) is 0.391. The van der Waals surface area contributed by atoms with Crippen molar-refractivity contribution in [1.82, 2.24) is 19.1 Å². The molecule has 2 aromatic carbocycles. The van der Waals surface area contributed by atoms with E-state index in [0.29, 0.717) is 13.1 Å². The topological polar surface area (TPSA) is 71.2 Å². The molecule has 0 spiro atoms. The van der Waals surface area contributed by atoms with E-state index in [2.05, 4.69) is 16.5 Å². The molecule has 0 atom stereocenters. The van der Waals surface area contributed by atoms with Gasteiger partial charge in [-0.25, -0.2) is 9.97 Å². The Bertz CT molecular complexity index is 1070. The fourth-order valence-electron chi connectivity index (χ4n) is 3.05. The summed E-state index contributed by atoms with van der Waals surface area (Å²) in [4.78, 5) is 8.67. The summed E-state index contributed by atoms with van der Waals surface area (Å²) in [7, 11) is -3.36. The van der Waals surface area contributed by atoms with Crippen molar-refractivity contribution in [1.29, 1.82) is 0 Å². The molecule has 0 fully saturated rings. The minimum atomic E-state index is -3.36. The molecule has 4 aromatic rings. The second kappa shape index (κ2) is 8.10. The standard InChI is InChI=1S/C20H21N4O3P/c1-2-28(25,26-13-11-23-15-21-17-7-3-5-9-19(17)23)27-14-12-24-16-22-18-8-4-6-10-20(18)24/h2-10,15-16H,1,11-14H2. The first-order chi connectivity index (χ1) is 13.7. The number of hydrogen-bond donors (Lipinski definition) is 0. The van der Waals surface area contributed by atoms with Crippen molar-refractivity contribution in [3.63, 3.8) is 0 Å². The summed E-state index contributed by atoms with van der Waals surface area (Å²) >= 11 is 0. The molecule has 0 saturated heterocycles. The summed E-state index contributed by atoms with van der Waals surface area (Å²) in [5, 5.41) is 0. The lowest BCUT2D eigenvalue weighted by Gasteiger charge is -2.15. The molecule has 0 radical (unpaired) electrons. The van der Waals surface area contributed by atoms with Crippen LogP contribution in [0.15, 0.2) is 73.6 Å². The van der Waals surface area contributed by atoms with E-state index in [-0.39, 0.29) is 13.2 Å². The van der Waals surface area contributed by atoms with Crippen molar-refractivity contribution in [2.45, 2.75) is 13.1 Å². The monoisotopic (exact) mass is 396 g/mol. The molecule has 28 heavy (non-hydrogen) atoms. The predicted molar refractivity (Wildman–Crippen MR) is 109 cm³/mol. The molecule has 7 nitrogen and oxygen atoms in total. The van der Waals surface area contributed by atoms with E-state index >= 15 is 0 Å². The van der Waals surface area contributed by atoms with Crippen LogP contribution in [0.1, 0.15) is 0 Å². The van der Waals surface area contributed by atoms with E-state index < -0.39 is 7.60 Å². The van der Waals surface area contributed by atoms with Gasteiger partial charge in [-0.3, -0.25) is 4.57 Å². The maximum atomic E-state index is 12.8. The molecule has 0 unspecified atom stereocenters. The van der Waals surface area contributed by atoms with Crippen LogP contribution in [0.4, 0.5) is 0 Å². The molecule has 0 saturated carbocycles. The van der Waals surface area contributed by atoms with Gasteiger partial charge in [-0.2, -0.15) is 0 Å². The molecule has 2 aromatic heterocycles. The minimum Gasteiger partial charge on any atom is -0.328 e. The van der Waals surface area contributed by atoms with Crippen molar-refractivity contribution in [3.8, 4) is 0 Å². The summed E-state index contributed by atoms with van der Waals surface area (Å²) < 4.78 is 27.8. The van der Waals surface area contributed by atoms with E-state index in [0.717, 1.165) is 22.1 Å². The molecule has 0 aliphatic heterocycles. The van der Waals surface area contributed by atoms with Gasteiger partial charge in [0.2, 0.25) is 0 Å². The Labute approximate surface area is 162 Å². The number of para-hydroxylation sites is 4. The normalized spacial score (nSPS) is 12.0. The van der Waals surface area contributed by atoms with Gasteiger partial charge in [0.1, 0.15) is 0 Å². The zero-order valence-electron chi connectivity index (χ0n) is 15.3. The molecular formula is C20H21N4O3P. The summed E-state index contributed by atoms with van der Waals surface area (Å²) in [6, 6.07) is 15.7. The van der Waals surface area contributed by atoms with E-state index in [9.17, 15) is 4.57 Å². The first-order valence-electron chi connectivity index (χ1n) is 9.01. The van der Waals surface area contributed by atoms with Gasteiger partial charge in [0, 0.05) is 18.9 Å². The van der Waals surface area contributed by atoms with E-state index in [1.54, 1.807) is 12.7 Å². The number of nitrogens with zero attached hydrogens (tertiary/aromatic N) is 4. The van der Waals surface area contributed by atoms with Crippen LogP contribution in [0.3, 0.4) is 0 Å². The van der Waals surface area contributed by atoms with Crippen LogP contribution in [0.2, 0.25) is 0 Å². The summed E-state index contributed by atoms with van der Waals surface area (Å²) in [5.41, 5.74) is 3.84. The SMILES string of the molecule is C=CP(=O)(OCCn1cnc2ccccc21)OCCn1cnc2ccccc21. The molecule has 8 heteroatoms. The minimum absolute atomic E-state index is 0.234. The Morgan fingerprint density at radius 3 is 1.79 bits per heavy atom. The van der Waals surface area contributed by atoms with Gasteiger partial charge in [0.15, 0.2) is 0 Å². The number of hydrogen-bond acceptors (Lipinski definition) is 5. The fourth-order valence-corrected chi connectivity index (χ4v) is 4.01. The first-order valence-corrected chi connectivity index (χ1v) is 10.6. The lowest BCUT2D eigenvalue weighted by atomic mass is 10.3. The average Bonchev–Trinajstić information content (AvgIpc) is 3.33. The Hall–Kier alpha value is -2.73. The smallest absolute Gasteiger partial charge is 0.328 e. The van der Waals surface area contributed by atoms with Gasteiger partial charge in [0.05, 0.1) is 47.9 Å². The lowest BCUT2D eigenvalue weighted by Crippen LogP contribution is -2.07. The Kier molecular flexibility index (Phi) is 5.39. The number of rotatable bonds is 9. The van der Waals surface area contributed by atoms with Gasteiger partial charge in [-0.1, -0.05) is 30.8 Å². The highest BCUT2D eigenvalue weighted by Gasteiger charge is 2.20. The van der Waals surface area contributed by atoms with Crippen LogP contribution in [0, 0.1) is 0 Å². The molecule has 0 aliphatic carbocycles. The number of aromatic nitrogens is 4. The highest BCUT2D eigenvalue weighted by atomic mass is 31.2. The van der Waals surface area contributed by atoms with Gasteiger partial charge >= 0.3 is 7.60 Å². The van der Waals surface area contributed by atoms with Crippen molar-refractivity contribution >= 4 is 29.7 Å². The van der Waals surface area contributed by atoms with E-state index in [1.165, 1.54) is 5.82 Å². The fraction of sp³-hybridized carbons (Fsp3) is 0.200. The maximum Gasteiger partial charge on any atom is 0.353 e. The molecule has 0 aliphatic rings. The maximum absolute atomic E-state index is 12.8. The average molecular weight is 396 g/mol. The zero-order valence-corrected chi connectivity index (χ0v) is 16.2. The van der Waals surface area contributed by atoms with Gasteiger partial charge in [-0.05, 0) is 24.3 Å². The molecule has 144 valence electrons. The molecular weight excluding hydrogens is 375 g/mol. The number of benzene rings is 2. The number of imidazole rings is 2. The Morgan fingerprint density at radius 2 is 1.32 bits per heavy atom. The molecule has 0 amide bonds. The highest BCUT2D eigenvalue weighted by molar-refractivity contribution is 7.57. The zero-order chi connectivity index (χ0) is 19.4. The number of fused-ring (bicyclic) bond motifs is 2. The third kappa shape index (κ3) is 3.92. The second-order valence-electron chi connectivity index (χ2n) is 6.24. The van der Waals surface area contributed by atoms with Gasteiger partial charge < -0.3 is 18.2 Å². The van der Waals surface area contributed by atoms with Crippen molar-refractivity contribution in [3.05, 3.63) is 73.6 Å². The van der Waals surface area contributed by atoms with Crippen LogP contribution in [0.25, 0.3) is 22.1 Å². The molecule has 0 N–H and O–H groups in total. The Balaban J connectivity index is 1.32. The summed E-state index contributed by atoms with van der Waals surface area (Å²) in [6.45, 7) is 5.12. The largest absolute Gasteiger partial charge is 0.353 e. The second-order valence-corrected chi connectivity index (χ2v) is 8.20. The highest BCUT2D eigenvalue weighted by Crippen LogP contribution is 2.49. The van der Waals surface area contributed by atoms with Gasteiger partial charge in [-0.15, -0.1) is 0 Å². The van der Waals surface area contributed by atoms with Crippen molar-refractivity contribution < 1.29 is 13.6 Å². The van der Waals surface area contributed by atoms with Crippen LogP contribution in [-0.4, -0.2) is 32.3 Å². The molecule has 0 bridgehead atoms. The van der Waals surface area contributed by atoms with Crippen molar-refractivity contribution in [2.75, 3.05) is 13.2 Å². The van der Waals surface area contributed by atoms with Crippen LogP contribution < -0.4 is 0 Å². The predicted octanol–water partition coefficient (Wildman–Crippen LogP) is 4.46. The van der Waals surface area contributed by atoms with Crippen LogP contribution in [0.5, 0.6) is 0 Å². The third-order valence-electron chi connectivity index (χ3n) is 4.49. The summed E-state index contributed by atoms with van der Waals surface area (Å²) in [6.07, 6.45) is 3.50. The molecule has 4 rings (SSSR count). The summed E-state index contributed by atoms with van der Waals surface area (Å²) in [5.74, 6) is 1.25. The van der Waals surface area contributed by atoms with Crippen LogP contribution in [-0.2, 0) is 26.7 Å². The Morgan fingerprint density at radius 1 is 0.857 bits per heavy atom. The first kappa shape index (κ1) is 18.6. The lowest BCUT2D eigenvalue weighted by molar-refractivity contribution is 0.202.